The number of nitrogens with zero attached hydrogens (tertiary/aromatic N) is 2. The highest BCUT2D eigenvalue weighted by atomic mass is 19.4. The van der Waals surface area contributed by atoms with E-state index in [1.807, 2.05) is 13.8 Å². The molecular weight excluding hydrogens is 495 g/mol. The van der Waals surface area contributed by atoms with Gasteiger partial charge in [0.05, 0.1) is 17.9 Å². The molecule has 0 saturated carbocycles. The number of anilines is 1. The van der Waals surface area contributed by atoms with Gasteiger partial charge in [0.15, 0.2) is 5.96 Å². The molecule has 2 amide bonds. The first-order valence-electron chi connectivity index (χ1n) is 11.0. The lowest BCUT2D eigenvalue weighted by Gasteiger charge is -2.20. The third-order valence-corrected chi connectivity index (χ3v) is 4.96. The number of rotatable bonds is 9. The highest BCUT2D eigenvalue weighted by molar-refractivity contribution is 6.06. The number of carbonyl (C=O) groups is 3. The summed E-state index contributed by atoms with van der Waals surface area (Å²) < 4.78 is 44.9. The molecule has 0 aliphatic carbocycles. The highest BCUT2D eigenvalue weighted by Gasteiger charge is 2.32. The summed E-state index contributed by atoms with van der Waals surface area (Å²) in [7, 11) is 1.37. The van der Waals surface area contributed by atoms with Crippen LogP contribution in [0.15, 0.2) is 47.5 Å². The van der Waals surface area contributed by atoms with Crippen LogP contribution in [0.3, 0.4) is 0 Å². The maximum atomic E-state index is 13.3. The van der Waals surface area contributed by atoms with E-state index in [1.165, 1.54) is 31.3 Å². The summed E-state index contributed by atoms with van der Waals surface area (Å²) in [6.45, 7) is 3.80. The molecule has 37 heavy (non-hydrogen) atoms. The molecule has 0 radical (unpaired) electrons. The largest absolute Gasteiger partial charge is 0.480 e. The minimum atomic E-state index is -4.74. The zero-order valence-corrected chi connectivity index (χ0v) is 20.4. The number of hydrogen-bond acceptors (Lipinski definition) is 5. The number of nitrogens with two attached hydrogens (primary N) is 2. The summed E-state index contributed by atoms with van der Waals surface area (Å²) in [6.07, 6.45) is -5.66. The van der Waals surface area contributed by atoms with Crippen LogP contribution in [0.25, 0.3) is 0 Å². The predicted molar refractivity (Wildman–Crippen MR) is 131 cm³/mol. The Morgan fingerprint density at radius 1 is 1.11 bits per heavy atom. The molecule has 2 aromatic rings. The topological polar surface area (TPSA) is 160 Å². The normalized spacial score (nSPS) is 12.0. The van der Waals surface area contributed by atoms with Crippen LogP contribution in [0, 0.1) is 5.92 Å². The van der Waals surface area contributed by atoms with Crippen molar-refractivity contribution in [1.29, 1.82) is 0 Å². The molecule has 2 aromatic carbocycles. The molecule has 10 nitrogen and oxygen atoms in total. The van der Waals surface area contributed by atoms with E-state index in [4.69, 9.17) is 16.2 Å². The molecule has 0 fully saturated rings. The number of amides is 2. The van der Waals surface area contributed by atoms with Gasteiger partial charge < -0.3 is 31.5 Å². The average Bonchev–Trinajstić information content (AvgIpc) is 2.80. The van der Waals surface area contributed by atoms with Crippen LogP contribution in [-0.4, -0.2) is 48.7 Å². The third kappa shape index (κ3) is 8.70. The van der Waals surface area contributed by atoms with Gasteiger partial charge in [0, 0.05) is 24.7 Å². The number of hydrogen-bond donors (Lipinski definition) is 4. The van der Waals surface area contributed by atoms with Crippen molar-refractivity contribution in [2.75, 3.05) is 18.6 Å². The number of carbonyl (C=O) groups excluding carboxylic acids is 2. The Hall–Kier alpha value is -4.29. The van der Waals surface area contributed by atoms with E-state index >= 15 is 0 Å². The molecule has 0 spiro atoms. The number of halogens is 3. The molecule has 2 rings (SSSR count). The predicted octanol–water partition coefficient (Wildman–Crippen LogP) is 3.26. The molecule has 6 N–H and O–H groups in total. The summed E-state index contributed by atoms with van der Waals surface area (Å²) >= 11 is 0. The summed E-state index contributed by atoms with van der Waals surface area (Å²) in [5, 5.41) is 11.7. The number of carboxylic acids is 1. The number of alkyl halides is 3. The minimum Gasteiger partial charge on any atom is -0.480 e. The van der Waals surface area contributed by atoms with Crippen molar-refractivity contribution in [1.82, 2.24) is 5.32 Å². The molecule has 0 bridgehead atoms. The zero-order valence-electron chi connectivity index (χ0n) is 20.4. The zero-order chi connectivity index (χ0) is 27.9. The molecule has 1 atom stereocenters. The number of aliphatic imine (C=N–C) groups is 1. The summed E-state index contributed by atoms with van der Waals surface area (Å²) in [4.78, 5) is 41.1. The molecule has 0 aliphatic heterocycles. The van der Waals surface area contributed by atoms with Crippen LogP contribution >= 0.6 is 0 Å². The van der Waals surface area contributed by atoms with Gasteiger partial charge in [-0.1, -0.05) is 26.0 Å². The molecule has 0 aliphatic rings. The van der Waals surface area contributed by atoms with E-state index in [9.17, 15) is 32.7 Å². The van der Waals surface area contributed by atoms with Crippen LogP contribution in [0.4, 0.5) is 29.3 Å². The van der Waals surface area contributed by atoms with E-state index in [0.29, 0.717) is 17.3 Å². The van der Waals surface area contributed by atoms with E-state index in [-0.39, 0.29) is 30.2 Å². The van der Waals surface area contributed by atoms with Crippen molar-refractivity contribution in [3.8, 4) is 0 Å². The number of aliphatic carboxylic acids is 1. The Kier molecular flexibility index (Phi) is 9.47. The first kappa shape index (κ1) is 28.9. The first-order valence-corrected chi connectivity index (χ1v) is 11.0. The van der Waals surface area contributed by atoms with Gasteiger partial charge in [0.2, 0.25) is 0 Å². The lowest BCUT2D eigenvalue weighted by Crippen LogP contribution is -2.42. The SMILES string of the molecule is CC(C)COC(=O)NC(Cc1ccc(N(C)C(=O)c2cc(N=C(N)N)cc(C(F)(F)F)c2)cc1)C(=O)O. The second-order valence-electron chi connectivity index (χ2n) is 8.57. The summed E-state index contributed by atoms with van der Waals surface area (Å²) in [5.74, 6) is -2.41. The lowest BCUT2D eigenvalue weighted by atomic mass is 10.0. The van der Waals surface area contributed by atoms with Crippen molar-refractivity contribution < 1.29 is 37.4 Å². The fraction of sp³-hybridized carbons (Fsp3) is 0.333. The second kappa shape index (κ2) is 12.1. The fourth-order valence-corrected chi connectivity index (χ4v) is 3.14. The number of ether oxygens (including phenoxy) is 1. The Balaban J connectivity index is 2.21. The average molecular weight is 524 g/mol. The smallest absolute Gasteiger partial charge is 0.416 e. The van der Waals surface area contributed by atoms with E-state index in [1.54, 1.807) is 0 Å². The van der Waals surface area contributed by atoms with E-state index in [0.717, 1.165) is 17.0 Å². The first-order chi connectivity index (χ1) is 17.2. The fourth-order valence-electron chi connectivity index (χ4n) is 3.14. The Labute approximate surface area is 211 Å². The van der Waals surface area contributed by atoms with Crippen molar-refractivity contribution in [2.24, 2.45) is 22.4 Å². The van der Waals surface area contributed by atoms with Gasteiger partial charge in [-0.2, -0.15) is 13.2 Å². The molecule has 0 aromatic heterocycles. The number of guanidine groups is 1. The van der Waals surface area contributed by atoms with Crippen LogP contribution in [0.5, 0.6) is 0 Å². The van der Waals surface area contributed by atoms with Gasteiger partial charge in [0.25, 0.3) is 5.91 Å². The van der Waals surface area contributed by atoms with Crippen molar-refractivity contribution >= 4 is 35.3 Å². The van der Waals surface area contributed by atoms with E-state index < -0.39 is 41.7 Å². The number of carboxylic acid groups (broad SMARTS) is 1. The Morgan fingerprint density at radius 3 is 2.24 bits per heavy atom. The van der Waals surface area contributed by atoms with Gasteiger partial charge in [0.1, 0.15) is 6.04 Å². The second-order valence-corrected chi connectivity index (χ2v) is 8.57. The van der Waals surface area contributed by atoms with Crippen LogP contribution < -0.4 is 21.7 Å². The number of nitrogens with one attached hydrogen (secondary N) is 1. The van der Waals surface area contributed by atoms with Crippen molar-refractivity contribution in [3.05, 3.63) is 59.2 Å². The monoisotopic (exact) mass is 523 g/mol. The number of benzene rings is 2. The molecular formula is C24H28F3N5O5. The standard InChI is InChI=1S/C24H28F3N5O5/c1-13(2)12-37-23(36)31-19(21(34)35)8-14-4-6-18(7-5-14)32(3)20(33)15-9-16(24(25,26)27)11-17(10-15)30-22(28)29/h4-7,9-11,13,19H,8,12H2,1-3H3,(H,31,36)(H,34,35)(H4,28,29,30). The van der Waals surface area contributed by atoms with Gasteiger partial charge in [-0.15, -0.1) is 0 Å². The number of alkyl carbamates (subject to hydrolysis) is 1. The van der Waals surface area contributed by atoms with Gasteiger partial charge >= 0.3 is 18.2 Å². The molecule has 1 unspecified atom stereocenters. The van der Waals surface area contributed by atoms with Crippen molar-refractivity contribution in [3.63, 3.8) is 0 Å². The van der Waals surface area contributed by atoms with E-state index in [2.05, 4.69) is 10.3 Å². The van der Waals surface area contributed by atoms with Crippen molar-refractivity contribution in [2.45, 2.75) is 32.5 Å². The maximum Gasteiger partial charge on any atom is 0.416 e. The molecule has 0 saturated heterocycles. The molecule has 0 heterocycles. The molecule has 200 valence electrons. The Bertz CT molecular complexity index is 1160. The lowest BCUT2D eigenvalue weighted by molar-refractivity contribution is -0.139. The third-order valence-electron chi connectivity index (χ3n) is 4.96. The molecule has 13 heteroatoms. The quantitative estimate of drug-likeness (QED) is 0.290. The highest BCUT2D eigenvalue weighted by Crippen LogP contribution is 2.33. The van der Waals surface area contributed by atoms with Crippen LogP contribution in [-0.2, 0) is 22.1 Å². The van der Waals surface area contributed by atoms with Crippen LogP contribution in [0.2, 0.25) is 0 Å². The Morgan fingerprint density at radius 2 is 1.73 bits per heavy atom. The maximum absolute atomic E-state index is 13.3. The summed E-state index contributed by atoms with van der Waals surface area (Å²) in [5.41, 5.74) is 9.75. The summed E-state index contributed by atoms with van der Waals surface area (Å²) in [6, 6.07) is 7.34. The van der Waals surface area contributed by atoms with Gasteiger partial charge in [-0.25, -0.2) is 14.6 Å². The van der Waals surface area contributed by atoms with Crippen LogP contribution in [0.1, 0.15) is 35.3 Å². The minimum absolute atomic E-state index is 0.0699. The van der Waals surface area contributed by atoms with Gasteiger partial charge in [-0.3, -0.25) is 4.79 Å². The van der Waals surface area contributed by atoms with Gasteiger partial charge in [-0.05, 0) is 41.8 Å².